The number of ether oxygens (including phenoxy) is 1. The molecule has 4 rings (SSSR count). The number of halogens is 4. The number of aromatic nitrogens is 1. The number of rotatable bonds is 6. The molecule has 2 aromatic carbocycles. The Morgan fingerprint density at radius 3 is 2.53 bits per heavy atom. The first-order chi connectivity index (χ1) is 17.1. The SMILES string of the molecule is NC(=O)COc1ncc(F)cc1C(=O)N[C@H]1N=C(c2c(Cl)cc(Cl)cc2Cl)c2ccccc2NC1=O. The average molecular weight is 551 g/mol. The van der Waals surface area contributed by atoms with E-state index < -0.39 is 36.3 Å². The second-order valence-electron chi connectivity index (χ2n) is 7.39. The fraction of sp³-hybridized carbons (Fsp3) is 0.0870. The summed E-state index contributed by atoms with van der Waals surface area (Å²) in [4.78, 5) is 45.2. The van der Waals surface area contributed by atoms with Gasteiger partial charge in [0, 0.05) is 16.1 Å². The highest BCUT2D eigenvalue weighted by atomic mass is 35.5. The van der Waals surface area contributed by atoms with Crippen molar-refractivity contribution in [3.63, 3.8) is 0 Å². The summed E-state index contributed by atoms with van der Waals surface area (Å²) in [6.45, 7) is -0.603. The maximum Gasteiger partial charge on any atom is 0.269 e. The van der Waals surface area contributed by atoms with Gasteiger partial charge in [0.1, 0.15) is 11.4 Å². The van der Waals surface area contributed by atoms with Gasteiger partial charge < -0.3 is 21.1 Å². The Labute approximate surface area is 218 Å². The molecule has 0 fully saturated rings. The quantitative estimate of drug-likeness (QED) is 0.431. The molecular weight excluding hydrogens is 536 g/mol. The molecular formula is C23H15Cl3FN5O4. The van der Waals surface area contributed by atoms with E-state index in [9.17, 15) is 18.8 Å². The molecule has 1 aliphatic rings. The van der Waals surface area contributed by atoms with Crippen LogP contribution in [0.3, 0.4) is 0 Å². The number of carbonyl (C=O) groups excluding carboxylic acids is 3. The number of nitrogens with one attached hydrogen (secondary N) is 2. The van der Waals surface area contributed by atoms with Gasteiger partial charge in [-0.25, -0.2) is 14.4 Å². The fourth-order valence-electron chi connectivity index (χ4n) is 3.37. The molecule has 0 aliphatic carbocycles. The molecule has 0 bridgehead atoms. The summed E-state index contributed by atoms with van der Waals surface area (Å²) in [6, 6.07) is 10.5. The van der Waals surface area contributed by atoms with Crippen molar-refractivity contribution in [2.45, 2.75) is 6.17 Å². The summed E-state index contributed by atoms with van der Waals surface area (Å²) in [5, 5.41) is 5.71. The Bertz CT molecular complexity index is 1410. The van der Waals surface area contributed by atoms with Crippen molar-refractivity contribution in [2.24, 2.45) is 10.7 Å². The summed E-state index contributed by atoms with van der Waals surface area (Å²) < 4.78 is 19.0. The monoisotopic (exact) mass is 549 g/mol. The van der Waals surface area contributed by atoms with E-state index in [1.54, 1.807) is 24.3 Å². The van der Waals surface area contributed by atoms with Crippen LogP contribution in [0, 0.1) is 5.82 Å². The van der Waals surface area contributed by atoms with Gasteiger partial charge >= 0.3 is 0 Å². The number of primary amides is 1. The van der Waals surface area contributed by atoms with Crippen molar-refractivity contribution < 1.29 is 23.5 Å². The maximum absolute atomic E-state index is 13.9. The van der Waals surface area contributed by atoms with Crippen LogP contribution >= 0.6 is 34.8 Å². The Kier molecular flexibility index (Phi) is 7.39. The lowest BCUT2D eigenvalue weighted by atomic mass is 10.0. The third-order valence-corrected chi connectivity index (χ3v) is 5.69. The molecule has 9 nitrogen and oxygen atoms in total. The van der Waals surface area contributed by atoms with Crippen LogP contribution in [0.4, 0.5) is 10.1 Å². The zero-order valence-corrected chi connectivity index (χ0v) is 20.3. The summed E-state index contributed by atoms with van der Waals surface area (Å²) in [5.41, 5.74) is 6.02. The summed E-state index contributed by atoms with van der Waals surface area (Å²) >= 11 is 18.9. The minimum atomic E-state index is -1.50. The summed E-state index contributed by atoms with van der Waals surface area (Å²) in [6.07, 6.45) is -0.710. The van der Waals surface area contributed by atoms with Crippen LogP contribution in [0.1, 0.15) is 21.5 Å². The minimum absolute atomic E-state index is 0.164. The van der Waals surface area contributed by atoms with Crippen LogP contribution < -0.4 is 21.1 Å². The third kappa shape index (κ3) is 5.40. The lowest BCUT2D eigenvalue weighted by Gasteiger charge is -2.15. The highest BCUT2D eigenvalue weighted by Gasteiger charge is 2.30. The Morgan fingerprint density at radius 1 is 1.14 bits per heavy atom. The van der Waals surface area contributed by atoms with Gasteiger partial charge in [0.2, 0.25) is 12.0 Å². The molecule has 0 unspecified atom stereocenters. The van der Waals surface area contributed by atoms with Gasteiger partial charge in [-0.2, -0.15) is 0 Å². The average Bonchev–Trinajstić information content (AvgIpc) is 2.94. The molecule has 4 N–H and O–H groups in total. The fourth-order valence-corrected chi connectivity index (χ4v) is 4.36. The number of anilines is 1. The normalized spacial score (nSPS) is 14.7. The molecule has 1 aliphatic heterocycles. The van der Waals surface area contributed by atoms with Crippen LogP contribution in [-0.4, -0.2) is 41.2 Å². The van der Waals surface area contributed by atoms with E-state index in [-0.39, 0.29) is 37.8 Å². The van der Waals surface area contributed by atoms with Crippen molar-refractivity contribution in [3.05, 3.63) is 86.2 Å². The van der Waals surface area contributed by atoms with E-state index >= 15 is 0 Å². The molecule has 0 radical (unpaired) electrons. The highest BCUT2D eigenvalue weighted by molar-refractivity contribution is 6.44. The van der Waals surface area contributed by atoms with E-state index in [4.69, 9.17) is 45.3 Å². The number of benzodiazepines with no additional fused rings is 1. The molecule has 1 atom stereocenters. The number of benzene rings is 2. The Balaban J connectivity index is 1.77. The molecule has 0 spiro atoms. The van der Waals surface area contributed by atoms with Crippen LogP contribution in [0.5, 0.6) is 5.88 Å². The van der Waals surface area contributed by atoms with E-state index in [0.717, 1.165) is 12.3 Å². The number of hydrogen-bond acceptors (Lipinski definition) is 6. The smallest absolute Gasteiger partial charge is 0.269 e. The molecule has 3 amide bonds. The standard InChI is InChI=1S/C23H15Cl3FN5O4/c24-10-5-14(25)18(15(26)6-10)19-12-3-1-2-4-16(12)30-22(35)20(31-19)32-21(34)13-7-11(27)8-29-23(13)36-9-17(28)33/h1-8,20H,9H2,(H2,28,33)(H,30,35)(H,32,34)/t20-/m1/s1. The van der Waals surface area contributed by atoms with Crippen molar-refractivity contribution in [1.82, 2.24) is 10.3 Å². The predicted molar refractivity (Wildman–Crippen MR) is 132 cm³/mol. The van der Waals surface area contributed by atoms with Gasteiger partial charge in [0.25, 0.3) is 17.7 Å². The van der Waals surface area contributed by atoms with Crippen LogP contribution in [0.2, 0.25) is 15.1 Å². The van der Waals surface area contributed by atoms with Gasteiger partial charge in [-0.3, -0.25) is 14.4 Å². The summed E-state index contributed by atoms with van der Waals surface area (Å²) in [5.74, 6) is -3.70. The third-order valence-electron chi connectivity index (χ3n) is 4.87. The van der Waals surface area contributed by atoms with Crippen molar-refractivity contribution in [1.29, 1.82) is 0 Å². The molecule has 184 valence electrons. The second-order valence-corrected chi connectivity index (χ2v) is 8.65. The van der Waals surface area contributed by atoms with Crippen LogP contribution in [0.15, 0.2) is 53.7 Å². The molecule has 0 saturated carbocycles. The van der Waals surface area contributed by atoms with Gasteiger partial charge in [0.15, 0.2) is 6.61 Å². The first kappa shape index (κ1) is 25.4. The number of nitrogens with zero attached hydrogens (tertiary/aromatic N) is 2. The Hall–Kier alpha value is -3.73. The molecule has 36 heavy (non-hydrogen) atoms. The predicted octanol–water partition coefficient (Wildman–Crippen LogP) is 3.59. The molecule has 1 aromatic heterocycles. The van der Waals surface area contributed by atoms with Gasteiger partial charge in [-0.1, -0.05) is 53.0 Å². The molecule has 0 saturated heterocycles. The lowest BCUT2D eigenvalue weighted by Crippen LogP contribution is -2.42. The number of aliphatic imine (C=N–C) groups is 1. The van der Waals surface area contributed by atoms with E-state index in [0.29, 0.717) is 11.3 Å². The lowest BCUT2D eigenvalue weighted by molar-refractivity contribution is -0.120. The number of carbonyl (C=O) groups is 3. The minimum Gasteiger partial charge on any atom is -0.467 e. The number of nitrogens with two attached hydrogens (primary N) is 1. The van der Waals surface area contributed by atoms with E-state index in [1.807, 2.05) is 0 Å². The zero-order chi connectivity index (χ0) is 26.0. The zero-order valence-electron chi connectivity index (χ0n) is 18.0. The number of hydrogen-bond donors (Lipinski definition) is 3. The first-order valence-electron chi connectivity index (χ1n) is 10.1. The molecule has 3 aromatic rings. The van der Waals surface area contributed by atoms with E-state index in [2.05, 4.69) is 20.6 Å². The number of fused-ring (bicyclic) bond motifs is 1. The van der Waals surface area contributed by atoms with Crippen LogP contribution in [-0.2, 0) is 9.59 Å². The number of pyridine rings is 1. The van der Waals surface area contributed by atoms with Crippen molar-refractivity contribution >= 4 is 63.9 Å². The van der Waals surface area contributed by atoms with Crippen molar-refractivity contribution in [2.75, 3.05) is 11.9 Å². The molecule has 2 heterocycles. The number of amides is 3. The van der Waals surface area contributed by atoms with Crippen LogP contribution in [0.25, 0.3) is 0 Å². The highest BCUT2D eigenvalue weighted by Crippen LogP contribution is 2.34. The first-order valence-corrected chi connectivity index (χ1v) is 11.3. The van der Waals surface area contributed by atoms with Gasteiger partial charge in [0.05, 0.1) is 27.6 Å². The van der Waals surface area contributed by atoms with Crippen molar-refractivity contribution in [3.8, 4) is 5.88 Å². The topological polar surface area (TPSA) is 136 Å². The number of para-hydroxylation sites is 1. The van der Waals surface area contributed by atoms with E-state index in [1.165, 1.54) is 12.1 Å². The largest absolute Gasteiger partial charge is 0.467 e. The van der Waals surface area contributed by atoms with Gasteiger partial charge in [-0.15, -0.1) is 0 Å². The van der Waals surface area contributed by atoms with Gasteiger partial charge in [-0.05, 0) is 24.3 Å². The Morgan fingerprint density at radius 2 is 1.83 bits per heavy atom. The molecule has 13 heteroatoms. The second kappa shape index (κ2) is 10.5. The summed E-state index contributed by atoms with van der Waals surface area (Å²) in [7, 11) is 0. The maximum atomic E-state index is 13.9.